The van der Waals surface area contributed by atoms with Crippen LogP contribution in [0.1, 0.15) is 5.69 Å². The molecule has 0 spiro atoms. The first-order valence-corrected chi connectivity index (χ1v) is 6.05. The van der Waals surface area contributed by atoms with Crippen LogP contribution in [0.4, 0.5) is 11.5 Å². The quantitative estimate of drug-likeness (QED) is 0.633. The van der Waals surface area contributed by atoms with Crippen LogP contribution in [0.25, 0.3) is 0 Å². The molecule has 0 fully saturated rings. The molecule has 0 aliphatic rings. The average Bonchev–Trinajstić information content (AvgIpc) is 2.18. The van der Waals surface area contributed by atoms with Crippen LogP contribution in [0.3, 0.4) is 0 Å². The monoisotopic (exact) mass is 241 g/mol. The Balaban J connectivity index is 2.66. The third-order valence-corrected chi connectivity index (χ3v) is 2.50. The van der Waals surface area contributed by atoms with E-state index in [2.05, 4.69) is 10.3 Å². The average molecular weight is 241 g/mol. The van der Waals surface area contributed by atoms with E-state index in [0.29, 0.717) is 5.82 Å². The zero-order valence-corrected chi connectivity index (χ0v) is 9.16. The Morgan fingerprint density at radius 2 is 2.19 bits per heavy atom. The summed E-state index contributed by atoms with van der Waals surface area (Å²) in [5.74, 6) is 0.176. The van der Waals surface area contributed by atoms with E-state index >= 15 is 0 Å². The Morgan fingerprint density at radius 1 is 1.50 bits per heavy atom. The van der Waals surface area contributed by atoms with Crippen molar-refractivity contribution in [3.8, 4) is 6.07 Å². The van der Waals surface area contributed by atoms with E-state index in [4.69, 9.17) is 16.1 Å². The molecule has 0 atom stereocenters. The lowest BCUT2D eigenvalue weighted by atomic mass is 10.3. The number of nitrogens with two attached hydrogens (primary N) is 2. The highest BCUT2D eigenvalue weighted by atomic mass is 32.2. The van der Waals surface area contributed by atoms with Crippen molar-refractivity contribution in [1.29, 1.82) is 5.26 Å². The lowest BCUT2D eigenvalue weighted by Gasteiger charge is -2.05. The number of hydrogen-bond acceptors (Lipinski definition) is 6. The largest absolute Gasteiger partial charge is 0.396 e. The number of rotatable bonds is 4. The first-order chi connectivity index (χ1) is 7.42. The van der Waals surface area contributed by atoms with E-state index < -0.39 is 10.0 Å². The number of primary sulfonamides is 1. The van der Waals surface area contributed by atoms with Crippen molar-refractivity contribution in [2.45, 2.75) is 0 Å². The second kappa shape index (κ2) is 4.78. The molecule has 0 amide bonds. The fourth-order valence-corrected chi connectivity index (χ4v) is 1.37. The maximum atomic E-state index is 10.6. The maximum absolute atomic E-state index is 10.6. The number of anilines is 2. The van der Waals surface area contributed by atoms with E-state index in [0.717, 1.165) is 0 Å². The molecule has 8 heteroatoms. The third-order valence-electron chi connectivity index (χ3n) is 1.73. The second-order valence-electron chi connectivity index (χ2n) is 3.04. The van der Waals surface area contributed by atoms with Gasteiger partial charge in [0.25, 0.3) is 0 Å². The Bertz CT molecular complexity index is 520. The minimum Gasteiger partial charge on any atom is -0.396 e. The van der Waals surface area contributed by atoms with Crippen LogP contribution in [0.5, 0.6) is 0 Å². The van der Waals surface area contributed by atoms with Gasteiger partial charge in [0.2, 0.25) is 10.0 Å². The van der Waals surface area contributed by atoms with E-state index in [9.17, 15) is 8.42 Å². The van der Waals surface area contributed by atoms with Gasteiger partial charge in [-0.1, -0.05) is 0 Å². The Kier molecular flexibility index (Phi) is 3.65. The van der Waals surface area contributed by atoms with Crippen molar-refractivity contribution in [3.63, 3.8) is 0 Å². The molecule has 0 saturated carbocycles. The van der Waals surface area contributed by atoms with E-state index in [1.54, 1.807) is 6.07 Å². The zero-order chi connectivity index (χ0) is 12.2. The smallest absolute Gasteiger partial charge is 0.210 e. The molecule has 0 aromatic carbocycles. The highest BCUT2D eigenvalue weighted by Crippen LogP contribution is 2.11. The molecule has 1 aromatic heterocycles. The van der Waals surface area contributed by atoms with Gasteiger partial charge in [0.15, 0.2) is 5.69 Å². The number of nitrogens with one attached hydrogen (secondary N) is 1. The van der Waals surface area contributed by atoms with Gasteiger partial charge < -0.3 is 11.1 Å². The summed E-state index contributed by atoms with van der Waals surface area (Å²) in [6.45, 7) is 0.126. The van der Waals surface area contributed by atoms with Crippen LogP contribution < -0.4 is 16.2 Å². The fraction of sp³-hybridized carbons (Fsp3) is 0.250. The molecule has 86 valence electrons. The Hall–Kier alpha value is -1.85. The molecule has 16 heavy (non-hydrogen) atoms. The van der Waals surface area contributed by atoms with Crippen molar-refractivity contribution in [2.75, 3.05) is 23.3 Å². The number of nitriles is 1. The summed E-state index contributed by atoms with van der Waals surface area (Å²) < 4.78 is 21.3. The summed E-state index contributed by atoms with van der Waals surface area (Å²) in [5, 5.41) is 16.2. The lowest BCUT2D eigenvalue weighted by molar-refractivity contribution is 0.598. The van der Waals surface area contributed by atoms with Crippen molar-refractivity contribution < 1.29 is 8.42 Å². The maximum Gasteiger partial charge on any atom is 0.210 e. The normalized spacial score (nSPS) is 10.8. The summed E-state index contributed by atoms with van der Waals surface area (Å²) in [7, 11) is -3.50. The van der Waals surface area contributed by atoms with E-state index in [1.165, 1.54) is 6.07 Å². The van der Waals surface area contributed by atoms with Gasteiger partial charge in [0.05, 0.1) is 11.4 Å². The molecule has 1 rings (SSSR count). The van der Waals surface area contributed by atoms with Crippen LogP contribution in [-0.2, 0) is 10.0 Å². The number of sulfonamides is 1. The van der Waals surface area contributed by atoms with Crippen LogP contribution in [0.15, 0.2) is 12.1 Å². The number of nitrogen functional groups attached to an aromatic ring is 1. The number of nitrogens with zero attached hydrogens (tertiary/aromatic N) is 2. The van der Waals surface area contributed by atoms with Gasteiger partial charge in [-0.3, -0.25) is 0 Å². The Morgan fingerprint density at radius 3 is 2.75 bits per heavy atom. The molecule has 0 unspecified atom stereocenters. The van der Waals surface area contributed by atoms with Crippen molar-refractivity contribution >= 4 is 21.5 Å². The lowest BCUT2D eigenvalue weighted by Crippen LogP contribution is -2.22. The van der Waals surface area contributed by atoms with Gasteiger partial charge in [0.1, 0.15) is 11.9 Å². The summed E-state index contributed by atoms with van der Waals surface area (Å²) in [5.41, 5.74) is 5.84. The first-order valence-electron chi connectivity index (χ1n) is 4.33. The summed E-state index contributed by atoms with van der Waals surface area (Å²) in [4.78, 5) is 3.88. The van der Waals surface area contributed by atoms with Crippen molar-refractivity contribution in [2.24, 2.45) is 5.14 Å². The van der Waals surface area contributed by atoms with Crippen LogP contribution in [-0.4, -0.2) is 25.7 Å². The second-order valence-corrected chi connectivity index (χ2v) is 4.77. The van der Waals surface area contributed by atoms with E-state index in [-0.39, 0.29) is 23.7 Å². The number of hydrogen-bond donors (Lipinski definition) is 3. The van der Waals surface area contributed by atoms with Crippen molar-refractivity contribution in [3.05, 3.63) is 17.8 Å². The predicted molar refractivity (Wildman–Crippen MR) is 59.8 cm³/mol. The highest BCUT2D eigenvalue weighted by Gasteiger charge is 2.04. The number of pyridine rings is 1. The van der Waals surface area contributed by atoms with Crippen LogP contribution >= 0.6 is 0 Å². The van der Waals surface area contributed by atoms with Gasteiger partial charge in [-0.2, -0.15) is 5.26 Å². The van der Waals surface area contributed by atoms with E-state index in [1.807, 2.05) is 6.07 Å². The van der Waals surface area contributed by atoms with Gasteiger partial charge in [0, 0.05) is 6.54 Å². The van der Waals surface area contributed by atoms with Gasteiger partial charge >= 0.3 is 0 Å². The minimum atomic E-state index is -3.50. The summed E-state index contributed by atoms with van der Waals surface area (Å²) in [6.07, 6.45) is 0. The topological polar surface area (TPSA) is 135 Å². The molecule has 0 radical (unpaired) electrons. The van der Waals surface area contributed by atoms with Gasteiger partial charge in [-0.25, -0.2) is 18.5 Å². The van der Waals surface area contributed by atoms with Crippen LogP contribution in [0, 0.1) is 11.3 Å². The predicted octanol–water partition coefficient (Wildman–Crippen LogP) is -0.764. The van der Waals surface area contributed by atoms with Gasteiger partial charge in [-0.05, 0) is 12.1 Å². The molecular weight excluding hydrogens is 230 g/mol. The molecule has 0 aliphatic heterocycles. The molecule has 0 aliphatic carbocycles. The number of aromatic nitrogens is 1. The van der Waals surface area contributed by atoms with Gasteiger partial charge in [-0.15, -0.1) is 0 Å². The molecule has 7 nitrogen and oxygen atoms in total. The molecule has 1 aromatic rings. The van der Waals surface area contributed by atoms with Crippen molar-refractivity contribution in [1.82, 2.24) is 4.98 Å². The Labute approximate surface area is 93.1 Å². The standard InChI is InChI=1S/C8H11N5O2S/c9-5-7-6(10)1-2-8(13-7)12-3-4-16(11,14)15/h1-2H,3-4,10H2,(H,12,13)(H2,11,14,15). The summed E-state index contributed by atoms with van der Waals surface area (Å²) >= 11 is 0. The molecule has 5 N–H and O–H groups in total. The zero-order valence-electron chi connectivity index (χ0n) is 8.34. The van der Waals surface area contributed by atoms with Crippen LogP contribution in [0.2, 0.25) is 0 Å². The minimum absolute atomic E-state index is 0.0978. The molecule has 1 heterocycles. The molecular formula is C8H11N5O2S. The SMILES string of the molecule is N#Cc1nc(NCCS(N)(=O)=O)ccc1N. The molecule has 0 bridgehead atoms. The summed E-state index contributed by atoms with van der Waals surface area (Å²) in [6, 6.07) is 4.90. The molecule has 0 saturated heterocycles. The fourth-order valence-electron chi connectivity index (χ4n) is 0.979. The third kappa shape index (κ3) is 3.72. The first kappa shape index (κ1) is 12.2. The highest BCUT2D eigenvalue weighted by molar-refractivity contribution is 7.89.